The van der Waals surface area contributed by atoms with Crippen molar-refractivity contribution in [3.05, 3.63) is 12.7 Å². The third kappa shape index (κ3) is 464. The van der Waals surface area contributed by atoms with E-state index < -0.39 is 0 Å². The molecule has 1 nitrogen and oxygen atoms in total. The molecule has 0 rings (SSSR count). The molecule has 0 radical (unpaired) electrons. The summed E-state index contributed by atoms with van der Waals surface area (Å²) in [6, 6.07) is 0. The maximum absolute atomic E-state index is 3.36. The summed E-state index contributed by atoms with van der Waals surface area (Å²) < 4.78 is 0. The Morgan fingerprint density at radius 2 is 1.00 bits per heavy atom. The molecule has 0 aromatic carbocycles. The lowest BCUT2D eigenvalue weighted by atomic mass is 10.7. The molecule has 0 amide bonds. The molecule has 0 aromatic rings. The van der Waals surface area contributed by atoms with E-state index in [0.717, 1.165) is 6.54 Å². The Morgan fingerprint density at radius 1 is 0.929 bits per heavy atom. The average molecular weight is 205 g/mol. The highest BCUT2D eigenvalue weighted by Crippen LogP contribution is 1.63. The molecule has 0 aliphatic heterocycles. The van der Waals surface area contributed by atoms with E-state index in [1.165, 1.54) is 0 Å². The lowest BCUT2D eigenvalue weighted by Gasteiger charge is -2.00. The minimum Gasteiger partial charge on any atom is -0.310 e. The van der Waals surface area contributed by atoms with Crippen LogP contribution < -0.4 is 0 Å². The highest BCUT2D eigenvalue weighted by Gasteiger charge is 1.72. The Kier molecular flexibility index (Phi) is 164. The third-order valence-corrected chi connectivity index (χ3v) is 0.632. The molecule has 0 aliphatic rings. The van der Waals surface area contributed by atoms with Gasteiger partial charge in [-0.3, -0.25) is 0 Å². The van der Waals surface area contributed by atoms with Crippen molar-refractivity contribution in [1.82, 2.24) is 4.90 Å². The highest BCUT2D eigenvalue weighted by atomic mass is 15.0. The van der Waals surface area contributed by atoms with E-state index in [2.05, 4.69) is 32.5 Å². The quantitative estimate of drug-likeness (QED) is 0.554. The van der Waals surface area contributed by atoms with Gasteiger partial charge in [0.15, 0.2) is 0 Å². The van der Waals surface area contributed by atoms with Crippen LogP contribution in [-0.2, 0) is 0 Å². The summed E-state index contributed by atoms with van der Waals surface area (Å²) in [7, 11) is 4.11. The Labute approximate surface area is 94.2 Å². The van der Waals surface area contributed by atoms with Gasteiger partial charge in [0.1, 0.15) is 0 Å². The molecular weight excluding hydrogens is 170 g/mol. The normalized spacial score (nSPS) is 5.64. The highest BCUT2D eigenvalue weighted by molar-refractivity contribution is 4.51. The van der Waals surface area contributed by atoms with E-state index in [1.807, 2.05) is 48.5 Å². The molecule has 0 aliphatic carbocycles. The first-order valence-corrected chi connectivity index (χ1v) is 5.90. The van der Waals surface area contributed by atoms with Gasteiger partial charge in [-0.1, -0.05) is 54.5 Å². The molecule has 0 heterocycles. The van der Waals surface area contributed by atoms with Crippen molar-refractivity contribution >= 4 is 0 Å². The molecule has 0 N–H and O–H groups in total. The van der Waals surface area contributed by atoms with Gasteiger partial charge in [0.2, 0.25) is 0 Å². The number of hydrogen-bond donors (Lipinski definition) is 0. The van der Waals surface area contributed by atoms with Crippen LogP contribution in [0.25, 0.3) is 0 Å². The molecule has 0 saturated carbocycles. The summed E-state index contributed by atoms with van der Waals surface area (Å²) >= 11 is 0. The van der Waals surface area contributed by atoms with Gasteiger partial charge < -0.3 is 4.90 Å². The molecule has 1 heteroatoms. The molecule has 14 heavy (non-hydrogen) atoms. The first-order chi connectivity index (χ1) is 6.68. The van der Waals surface area contributed by atoms with Crippen LogP contribution in [0.15, 0.2) is 12.7 Å². The Bertz CT molecular complexity index is 40.5. The first-order valence-electron chi connectivity index (χ1n) is 5.90. The van der Waals surface area contributed by atoms with Gasteiger partial charge in [0.25, 0.3) is 0 Å². The standard InChI is InChI=1S/C4H11N.C3H6.3C2H6/c1-4-5(2)3;1-3-2;3*1-2/h4H2,1-3H3;3H,1H2,2H3;3*1-2H3. The van der Waals surface area contributed by atoms with E-state index in [0.29, 0.717) is 0 Å². The van der Waals surface area contributed by atoms with E-state index in [4.69, 9.17) is 0 Å². The fourth-order valence-electron chi connectivity index (χ4n) is 0. The number of allylic oxidation sites excluding steroid dienone is 1. The van der Waals surface area contributed by atoms with Gasteiger partial charge >= 0.3 is 0 Å². The monoisotopic (exact) mass is 205 g/mol. The summed E-state index contributed by atoms with van der Waals surface area (Å²) in [5, 5.41) is 0. The van der Waals surface area contributed by atoms with Crippen molar-refractivity contribution in [2.45, 2.75) is 55.4 Å². The van der Waals surface area contributed by atoms with Crippen molar-refractivity contribution in [3.63, 3.8) is 0 Å². The Balaban J connectivity index is -0.0000000263. The zero-order chi connectivity index (χ0) is 13.0. The largest absolute Gasteiger partial charge is 0.310 e. The predicted molar refractivity (Wildman–Crippen MR) is 74.1 cm³/mol. The molecule has 0 saturated heterocycles. The molecule has 0 aromatic heterocycles. The Hall–Kier alpha value is -0.300. The van der Waals surface area contributed by atoms with E-state index in [1.54, 1.807) is 6.08 Å². The van der Waals surface area contributed by atoms with Crippen LogP contribution in [0.5, 0.6) is 0 Å². The van der Waals surface area contributed by atoms with E-state index in [-0.39, 0.29) is 0 Å². The van der Waals surface area contributed by atoms with Gasteiger partial charge in [-0.2, -0.15) is 0 Å². The van der Waals surface area contributed by atoms with Gasteiger partial charge in [0, 0.05) is 0 Å². The van der Waals surface area contributed by atoms with Crippen molar-refractivity contribution in [3.8, 4) is 0 Å². The van der Waals surface area contributed by atoms with Gasteiger partial charge in [0.05, 0.1) is 0 Å². The molecule has 0 fully saturated rings. The second-order valence-electron chi connectivity index (χ2n) is 1.80. The van der Waals surface area contributed by atoms with Crippen LogP contribution in [0.4, 0.5) is 0 Å². The molecule has 0 bridgehead atoms. The van der Waals surface area contributed by atoms with Crippen LogP contribution in [0.1, 0.15) is 55.4 Å². The zero-order valence-corrected chi connectivity index (χ0v) is 12.4. The topological polar surface area (TPSA) is 3.24 Å². The first kappa shape index (κ1) is 29.2. The molecule has 0 spiro atoms. The second kappa shape index (κ2) is 78.7. The summed E-state index contributed by atoms with van der Waals surface area (Å²) in [6.07, 6.45) is 1.75. The fourth-order valence-corrected chi connectivity index (χ4v) is 0. The summed E-state index contributed by atoms with van der Waals surface area (Å²) in [5.74, 6) is 0. The van der Waals surface area contributed by atoms with Crippen molar-refractivity contribution in [2.24, 2.45) is 0 Å². The summed E-state index contributed by atoms with van der Waals surface area (Å²) in [4.78, 5) is 2.12. The maximum atomic E-state index is 3.36. The van der Waals surface area contributed by atoms with Crippen LogP contribution >= 0.6 is 0 Å². The van der Waals surface area contributed by atoms with Crippen molar-refractivity contribution in [2.75, 3.05) is 20.6 Å². The SMILES string of the molecule is C=CC.CC.CC.CC.CCN(C)C. The van der Waals surface area contributed by atoms with Gasteiger partial charge in [-0.05, 0) is 27.6 Å². The molecule has 92 valence electrons. The zero-order valence-electron chi connectivity index (χ0n) is 12.4. The average Bonchev–Trinajstić information content (AvgIpc) is 2.27. The van der Waals surface area contributed by atoms with Gasteiger partial charge in [-0.25, -0.2) is 0 Å². The van der Waals surface area contributed by atoms with Crippen LogP contribution in [0.2, 0.25) is 0 Å². The third-order valence-electron chi connectivity index (χ3n) is 0.632. The van der Waals surface area contributed by atoms with Crippen LogP contribution in [0, 0.1) is 0 Å². The fraction of sp³-hybridized carbons (Fsp3) is 0.846. The maximum Gasteiger partial charge on any atom is -0.00533 e. The second-order valence-corrected chi connectivity index (χ2v) is 1.80. The summed E-state index contributed by atoms with van der Waals surface area (Å²) in [6.45, 7) is 20.5. The van der Waals surface area contributed by atoms with Crippen molar-refractivity contribution in [1.29, 1.82) is 0 Å². The smallest absolute Gasteiger partial charge is 0.00533 e. The van der Waals surface area contributed by atoms with E-state index in [9.17, 15) is 0 Å². The number of hydrogen-bond acceptors (Lipinski definition) is 1. The lowest BCUT2D eigenvalue weighted by Crippen LogP contribution is -2.08. The Morgan fingerprint density at radius 3 is 1.00 bits per heavy atom. The van der Waals surface area contributed by atoms with Crippen LogP contribution in [-0.4, -0.2) is 25.5 Å². The van der Waals surface area contributed by atoms with Gasteiger partial charge in [-0.15, -0.1) is 6.58 Å². The number of rotatable bonds is 1. The molecule has 0 atom stereocenters. The minimum atomic E-state index is 1.14. The predicted octanol–water partition coefficient (Wildman–Crippen LogP) is 4.84. The summed E-state index contributed by atoms with van der Waals surface area (Å²) in [5.41, 5.74) is 0. The van der Waals surface area contributed by atoms with E-state index >= 15 is 0 Å². The minimum absolute atomic E-state index is 1.14. The van der Waals surface area contributed by atoms with Crippen molar-refractivity contribution < 1.29 is 0 Å². The molecule has 0 unspecified atom stereocenters. The lowest BCUT2D eigenvalue weighted by molar-refractivity contribution is 0.434. The number of nitrogens with zero attached hydrogens (tertiary/aromatic N) is 1. The molecular formula is C13H35N. The van der Waals surface area contributed by atoms with Crippen LogP contribution in [0.3, 0.4) is 0 Å².